The van der Waals surface area contributed by atoms with Crippen molar-refractivity contribution < 1.29 is 19.0 Å². The number of anilines is 1. The molecule has 0 aromatic heterocycles. The van der Waals surface area contributed by atoms with E-state index in [-0.39, 0.29) is 17.7 Å². The van der Waals surface area contributed by atoms with Crippen molar-refractivity contribution in [2.75, 3.05) is 38.7 Å². The van der Waals surface area contributed by atoms with E-state index in [1.54, 1.807) is 0 Å². The van der Waals surface area contributed by atoms with Crippen LogP contribution in [0.4, 0.5) is 5.69 Å². The Labute approximate surface area is 209 Å². The van der Waals surface area contributed by atoms with Crippen molar-refractivity contribution in [1.29, 1.82) is 0 Å². The van der Waals surface area contributed by atoms with E-state index in [0.29, 0.717) is 37.5 Å². The molecule has 3 aliphatic heterocycles. The highest BCUT2D eigenvalue weighted by atomic mass is 16.7. The molecule has 5 rings (SSSR count). The molecule has 3 heterocycles. The zero-order chi connectivity index (χ0) is 24.6. The molecule has 0 amide bonds. The van der Waals surface area contributed by atoms with E-state index in [4.69, 9.17) is 14.2 Å². The van der Waals surface area contributed by atoms with Crippen LogP contribution in [-0.2, 0) is 24.4 Å². The molecule has 1 aliphatic carbocycles. The number of likely N-dealkylation sites (tertiary alicyclic amines) is 1. The van der Waals surface area contributed by atoms with Gasteiger partial charge in [0, 0.05) is 36.4 Å². The third-order valence-electron chi connectivity index (χ3n) is 8.48. The summed E-state index contributed by atoms with van der Waals surface area (Å²) in [5, 5.41) is 3.69. The van der Waals surface area contributed by atoms with Gasteiger partial charge in [0.25, 0.3) is 0 Å². The van der Waals surface area contributed by atoms with E-state index in [1.807, 2.05) is 0 Å². The van der Waals surface area contributed by atoms with Gasteiger partial charge < -0.3 is 19.5 Å². The smallest absolute Gasteiger partial charge is 0.335 e. The number of rotatable bonds is 8. The van der Waals surface area contributed by atoms with E-state index < -0.39 is 0 Å². The Balaban J connectivity index is 1.60. The molecule has 6 nitrogen and oxygen atoms in total. The van der Waals surface area contributed by atoms with Gasteiger partial charge in [-0.1, -0.05) is 43.2 Å². The average Bonchev–Trinajstić information content (AvgIpc) is 3.59. The minimum absolute atomic E-state index is 0.139. The highest BCUT2D eigenvalue weighted by Crippen LogP contribution is 2.60. The van der Waals surface area contributed by atoms with Gasteiger partial charge in [0.2, 0.25) is 0 Å². The number of nitrogens with zero attached hydrogens (tertiary/aromatic N) is 1. The lowest BCUT2D eigenvalue weighted by Gasteiger charge is -2.46. The Morgan fingerprint density at radius 2 is 2.06 bits per heavy atom. The van der Waals surface area contributed by atoms with Crippen LogP contribution in [-0.4, -0.2) is 56.6 Å². The van der Waals surface area contributed by atoms with Crippen LogP contribution in [0, 0.1) is 11.8 Å². The quantitative estimate of drug-likeness (QED) is 0.417. The van der Waals surface area contributed by atoms with Crippen LogP contribution in [0.2, 0.25) is 0 Å². The van der Waals surface area contributed by atoms with Gasteiger partial charge >= 0.3 is 5.97 Å². The topological polar surface area (TPSA) is 60.0 Å². The van der Waals surface area contributed by atoms with Crippen molar-refractivity contribution in [2.45, 2.75) is 70.6 Å². The van der Waals surface area contributed by atoms with Crippen molar-refractivity contribution in [1.82, 2.24) is 4.90 Å². The normalized spacial score (nSPS) is 28.8. The molecule has 0 radical (unpaired) electrons. The third-order valence-corrected chi connectivity index (χ3v) is 8.48. The molecule has 0 bridgehead atoms. The van der Waals surface area contributed by atoms with Gasteiger partial charge in [-0.2, -0.15) is 0 Å². The van der Waals surface area contributed by atoms with Crippen molar-refractivity contribution in [3.63, 3.8) is 0 Å². The minimum Gasteiger partial charge on any atom is -0.466 e. The number of allylic oxidation sites excluding steroid dienone is 1. The Morgan fingerprint density at radius 1 is 1.29 bits per heavy atom. The number of hydrogen-bond acceptors (Lipinski definition) is 6. The number of hydrogen-bond donors (Lipinski definition) is 1. The number of carbonyl (C=O) groups excluding carboxylic acids is 1. The molecule has 2 fully saturated rings. The number of carbonyl (C=O) groups is 1. The van der Waals surface area contributed by atoms with Crippen molar-refractivity contribution in [3.8, 4) is 0 Å². The summed E-state index contributed by atoms with van der Waals surface area (Å²) >= 11 is 0. The highest BCUT2D eigenvalue weighted by Gasteiger charge is 2.61. The van der Waals surface area contributed by atoms with E-state index in [1.165, 1.54) is 18.2 Å². The second-order valence-electron chi connectivity index (χ2n) is 10.8. The molecule has 1 aromatic carbocycles. The van der Waals surface area contributed by atoms with Crippen LogP contribution in [0.1, 0.15) is 58.4 Å². The van der Waals surface area contributed by atoms with Gasteiger partial charge in [-0.25, -0.2) is 4.79 Å². The molecule has 0 saturated carbocycles. The average molecular weight is 481 g/mol. The van der Waals surface area contributed by atoms with Gasteiger partial charge in [0.05, 0.1) is 31.3 Å². The monoisotopic (exact) mass is 480 g/mol. The number of benzene rings is 1. The summed E-state index contributed by atoms with van der Waals surface area (Å²) in [6.07, 6.45) is 7.05. The van der Waals surface area contributed by atoms with Gasteiger partial charge in [-0.3, -0.25) is 4.90 Å². The molecule has 4 atom stereocenters. The maximum absolute atomic E-state index is 13.2. The summed E-state index contributed by atoms with van der Waals surface area (Å²) in [6, 6.07) is 8.92. The second kappa shape index (κ2) is 10.1. The second-order valence-corrected chi connectivity index (χ2v) is 10.8. The summed E-state index contributed by atoms with van der Waals surface area (Å²) in [5.74, 6) is 0.421. The van der Waals surface area contributed by atoms with E-state index >= 15 is 0 Å². The summed E-state index contributed by atoms with van der Waals surface area (Å²) in [6.45, 7) is 9.86. The Hall–Kier alpha value is -2.15. The van der Waals surface area contributed by atoms with Crippen LogP contribution >= 0.6 is 0 Å². The number of nitrogens with one attached hydrogen (secondary N) is 1. The molecule has 6 heteroatoms. The third kappa shape index (κ3) is 4.24. The van der Waals surface area contributed by atoms with Crippen molar-refractivity contribution in [2.24, 2.45) is 11.8 Å². The number of esters is 1. The lowest BCUT2D eigenvalue weighted by molar-refractivity contribution is -0.136. The van der Waals surface area contributed by atoms with Gasteiger partial charge in [0.15, 0.2) is 6.29 Å². The number of ether oxygens (including phenoxy) is 3. The van der Waals surface area contributed by atoms with E-state index in [9.17, 15) is 4.79 Å². The molecule has 1 aromatic rings. The minimum atomic E-state index is -0.216. The zero-order valence-electron chi connectivity index (χ0n) is 21.6. The fraction of sp³-hybridized carbons (Fsp3) is 0.621. The molecule has 4 aliphatic rings. The summed E-state index contributed by atoms with van der Waals surface area (Å²) in [4.78, 5) is 15.8. The maximum atomic E-state index is 13.2. The van der Waals surface area contributed by atoms with Crippen LogP contribution in [0.25, 0.3) is 0 Å². The first-order valence-electron chi connectivity index (χ1n) is 13.3. The Morgan fingerprint density at radius 3 is 2.77 bits per heavy atom. The molecule has 3 unspecified atom stereocenters. The largest absolute Gasteiger partial charge is 0.466 e. The SMILES string of the molecule is CCCC(C[C@@H]1CC(C(=O)OC)=C2Nc3ccccc3C23CCN(CC=C(C)C)C13)C1OCCO1. The standard InChI is InChI=1S/C29H40N2O4/c1-5-8-20(28-34-15-16-35-28)17-21-18-22(27(32)33-4)25-29(23-9-6-7-10-24(23)30-25)12-14-31(26(21)29)13-11-19(2)3/h6-7,9-11,20-21,26,28,30H,5,8,12-18H2,1-4H3/t20?,21-,26?,29?/m1/s1. The summed E-state index contributed by atoms with van der Waals surface area (Å²) in [5.41, 5.74) is 5.47. The lowest BCUT2D eigenvalue weighted by atomic mass is 9.61. The molecular weight excluding hydrogens is 440 g/mol. The lowest BCUT2D eigenvalue weighted by Crippen LogP contribution is -2.52. The first kappa shape index (κ1) is 24.5. The van der Waals surface area contributed by atoms with Crippen molar-refractivity contribution in [3.05, 3.63) is 52.7 Å². The fourth-order valence-corrected chi connectivity index (χ4v) is 7.17. The number of methoxy groups -OCH3 is 1. The first-order chi connectivity index (χ1) is 17.0. The molecular formula is C29H40N2O4. The van der Waals surface area contributed by atoms with Crippen molar-refractivity contribution >= 4 is 11.7 Å². The zero-order valence-corrected chi connectivity index (χ0v) is 21.6. The first-order valence-corrected chi connectivity index (χ1v) is 13.3. The van der Waals surface area contributed by atoms with Gasteiger partial charge in [0.1, 0.15) is 0 Å². The molecule has 2 saturated heterocycles. The summed E-state index contributed by atoms with van der Waals surface area (Å²) < 4.78 is 17.3. The van der Waals surface area contributed by atoms with Gasteiger partial charge in [-0.15, -0.1) is 0 Å². The number of fused-ring (bicyclic) bond motifs is 1. The predicted octanol–water partition coefficient (Wildman–Crippen LogP) is 5.02. The molecule has 1 N–H and O–H groups in total. The van der Waals surface area contributed by atoms with Crippen LogP contribution in [0.3, 0.4) is 0 Å². The van der Waals surface area contributed by atoms with E-state index in [0.717, 1.165) is 55.7 Å². The maximum Gasteiger partial charge on any atom is 0.335 e. The Bertz CT molecular complexity index is 1010. The highest BCUT2D eigenvalue weighted by molar-refractivity contribution is 5.93. The summed E-state index contributed by atoms with van der Waals surface area (Å²) in [7, 11) is 1.50. The Kier molecular flexibility index (Phi) is 7.06. The molecule has 35 heavy (non-hydrogen) atoms. The van der Waals surface area contributed by atoms with E-state index in [2.05, 4.69) is 61.3 Å². The molecule has 190 valence electrons. The van der Waals surface area contributed by atoms with Gasteiger partial charge in [-0.05, 0) is 57.1 Å². The fourth-order valence-electron chi connectivity index (χ4n) is 7.17. The number of para-hydroxylation sites is 1. The molecule has 1 spiro atoms. The predicted molar refractivity (Wildman–Crippen MR) is 137 cm³/mol. The van der Waals surface area contributed by atoms with Crippen LogP contribution in [0.15, 0.2) is 47.2 Å². The van der Waals surface area contributed by atoms with Crippen LogP contribution in [0.5, 0.6) is 0 Å². The van der Waals surface area contributed by atoms with Crippen LogP contribution < -0.4 is 5.32 Å².